The van der Waals surface area contributed by atoms with Gasteiger partial charge in [-0.15, -0.1) is 0 Å². The topological polar surface area (TPSA) is 74.5 Å². The number of rotatable bonds is 6. The molecule has 0 amide bonds. The van der Waals surface area contributed by atoms with Crippen molar-refractivity contribution >= 4 is 21.9 Å². The van der Waals surface area contributed by atoms with E-state index < -0.39 is 18.4 Å². The van der Waals surface area contributed by atoms with Gasteiger partial charge in [0.2, 0.25) is 5.82 Å². The van der Waals surface area contributed by atoms with E-state index in [-0.39, 0.29) is 18.2 Å². The van der Waals surface area contributed by atoms with Gasteiger partial charge in [0.05, 0.1) is 0 Å². The van der Waals surface area contributed by atoms with Gasteiger partial charge in [-0.05, 0) is 24.3 Å². The number of hydrogen-bond donors (Lipinski definition) is 0. The number of halogens is 2. The first-order valence-corrected chi connectivity index (χ1v) is 8.02. The number of para-hydroxylation sites is 1. The van der Waals surface area contributed by atoms with Crippen LogP contribution in [0.1, 0.15) is 5.89 Å². The number of aromatic nitrogens is 2. The third-order valence-corrected chi connectivity index (χ3v) is 3.58. The Kier molecular flexibility index (Phi) is 5.39. The van der Waals surface area contributed by atoms with Gasteiger partial charge in [-0.2, -0.15) is 4.98 Å². The standard InChI is InChI=1S/C17H12BrFN2O4/c18-12-5-3-4-11(8-12)17-20-15(25-21-17)9-24-16(22)10-23-14-7-2-1-6-13(14)19/h1-8H,9-10H2. The molecule has 0 bridgehead atoms. The maximum atomic E-state index is 13.4. The third-order valence-electron chi connectivity index (χ3n) is 3.09. The fourth-order valence-electron chi connectivity index (χ4n) is 1.94. The SMILES string of the molecule is O=C(COc1ccccc1F)OCc1nc(-c2cccc(Br)c2)no1. The minimum absolute atomic E-state index is 0.0193. The summed E-state index contributed by atoms with van der Waals surface area (Å²) in [7, 11) is 0. The van der Waals surface area contributed by atoms with Crippen LogP contribution >= 0.6 is 15.9 Å². The molecule has 0 atom stereocenters. The average Bonchev–Trinajstić information content (AvgIpc) is 3.08. The largest absolute Gasteiger partial charge is 0.479 e. The van der Waals surface area contributed by atoms with Crippen LogP contribution in [0.15, 0.2) is 57.5 Å². The number of nitrogens with zero attached hydrogens (tertiary/aromatic N) is 2. The maximum Gasteiger partial charge on any atom is 0.344 e. The Hall–Kier alpha value is -2.74. The second kappa shape index (κ2) is 7.89. The molecule has 0 saturated carbocycles. The molecular formula is C17H12BrFN2O4. The summed E-state index contributed by atoms with van der Waals surface area (Å²) in [5, 5.41) is 3.83. The zero-order chi connectivity index (χ0) is 17.6. The van der Waals surface area contributed by atoms with Crippen molar-refractivity contribution in [1.29, 1.82) is 0 Å². The lowest BCUT2D eigenvalue weighted by Crippen LogP contribution is -2.15. The van der Waals surface area contributed by atoms with Gasteiger partial charge in [0, 0.05) is 10.0 Å². The molecule has 25 heavy (non-hydrogen) atoms. The lowest BCUT2D eigenvalue weighted by Gasteiger charge is -2.06. The van der Waals surface area contributed by atoms with Crippen molar-refractivity contribution in [1.82, 2.24) is 10.1 Å². The van der Waals surface area contributed by atoms with Crippen LogP contribution in [-0.4, -0.2) is 22.7 Å². The van der Waals surface area contributed by atoms with Gasteiger partial charge >= 0.3 is 5.97 Å². The van der Waals surface area contributed by atoms with Crippen LogP contribution in [0.2, 0.25) is 0 Å². The molecule has 0 unspecified atom stereocenters. The fraction of sp³-hybridized carbons (Fsp3) is 0.118. The number of carbonyl (C=O) groups excluding carboxylic acids is 1. The number of esters is 1. The lowest BCUT2D eigenvalue weighted by molar-refractivity contribution is -0.148. The molecule has 6 nitrogen and oxygen atoms in total. The van der Waals surface area contributed by atoms with Crippen molar-refractivity contribution in [2.24, 2.45) is 0 Å². The maximum absolute atomic E-state index is 13.4. The summed E-state index contributed by atoms with van der Waals surface area (Å²) >= 11 is 3.36. The van der Waals surface area contributed by atoms with Gasteiger partial charge in [-0.25, -0.2) is 9.18 Å². The first-order chi connectivity index (χ1) is 12.1. The normalized spacial score (nSPS) is 10.5. The minimum atomic E-state index is -0.676. The highest BCUT2D eigenvalue weighted by molar-refractivity contribution is 9.10. The fourth-order valence-corrected chi connectivity index (χ4v) is 2.34. The van der Waals surface area contributed by atoms with E-state index in [1.165, 1.54) is 18.2 Å². The predicted molar refractivity (Wildman–Crippen MR) is 89.1 cm³/mol. The van der Waals surface area contributed by atoms with Gasteiger partial charge in [0.15, 0.2) is 24.8 Å². The highest BCUT2D eigenvalue weighted by Crippen LogP contribution is 2.20. The number of benzene rings is 2. The molecule has 1 heterocycles. The molecule has 3 aromatic rings. The summed E-state index contributed by atoms with van der Waals surface area (Å²) < 4.78 is 29.3. The van der Waals surface area contributed by atoms with Crippen LogP contribution in [0.25, 0.3) is 11.4 Å². The van der Waals surface area contributed by atoms with E-state index in [4.69, 9.17) is 14.0 Å². The molecule has 0 aliphatic carbocycles. The number of ether oxygens (including phenoxy) is 2. The molecule has 0 aliphatic rings. The van der Waals surface area contributed by atoms with Crippen LogP contribution in [0, 0.1) is 5.82 Å². The third kappa shape index (κ3) is 4.63. The van der Waals surface area contributed by atoms with Gasteiger partial charge < -0.3 is 14.0 Å². The summed E-state index contributed by atoms with van der Waals surface area (Å²) in [6.45, 7) is -0.617. The number of hydrogen-bond acceptors (Lipinski definition) is 6. The van der Waals surface area contributed by atoms with Crippen molar-refractivity contribution in [3.63, 3.8) is 0 Å². The van der Waals surface area contributed by atoms with Crippen molar-refractivity contribution < 1.29 is 23.2 Å². The van der Waals surface area contributed by atoms with Crippen molar-refractivity contribution in [3.05, 3.63) is 64.7 Å². The van der Waals surface area contributed by atoms with Gasteiger partial charge in [0.25, 0.3) is 5.89 Å². The molecule has 1 aromatic heterocycles. The molecule has 0 aliphatic heterocycles. The molecule has 128 valence electrons. The van der Waals surface area contributed by atoms with Crippen molar-refractivity contribution in [3.8, 4) is 17.1 Å². The summed E-state index contributed by atoms with van der Waals surface area (Å²) in [5.41, 5.74) is 0.763. The number of carbonyl (C=O) groups is 1. The monoisotopic (exact) mass is 406 g/mol. The summed E-state index contributed by atoms with van der Waals surface area (Å²) in [5.74, 6) is -0.713. The van der Waals surface area contributed by atoms with Crippen LogP contribution in [0.3, 0.4) is 0 Å². The average molecular weight is 407 g/mol. The molecule has 8 heteroatoms. The Morgan fingerprint density at radius 3 is 2.84 bits per heavy atom. The Morgan fingerprint density at radius 2 is 2.04 bits per heavy atom. The minimum Gasteiger partial charge on any atom is -0.479 e. The Morgan fingerprint density at radius 1 is 1.20 bits per heavy atom. The van der Waals surface area contributed by atoms with Crippen LogP contribution < -0.4 is 4.74 Å². The Labute approximate surface area is 150 Å². The quantitative estimate of drug-likeness (QED) is 0.580. The predicted octanol–water partition coefficient (Wildman–Crippen LogP) is 3.76. The van der Waals surface area contributed by atoms with Gasteiger partial charge in [-0.3, -0.25) is 0 Å². The highest BCUT2D eigenvalue weighted by Gasteiger charge is 2.12. The molecule has 3 rings (SSSR count). The summed E-state index contributed by atoms with van der Waals surface area (Å²) in [4.78, 5) is 15.8. The molecule has 2 aromatic carbocycles. The van der Waals surface area contributed by atoms with Crippen LogP contribution in [0.5, 0.6) is 5.75 Å². The first-order valence-electron chi connectivity index (χ1n) is 7.23. The zero-order valence-corrected chi connectivity index (χ0v) is 14.4. The molecule has 0 fully saturated rings. The summed E-state index contributed by atoms with van der Waals surface area (Å²) in [6, 6.07) is 13.2. The van der Waals surface area contributed by atoms with E-state index in [1.807, 2.05) is 24.3 Å². The van der Waals surface area contributed by atoms with Gasteiger partial charge in [-0.1, -0.05) is 45.4 Å². The second-order valence-electron chi connectivity index (χ2n) is 4.90. The molecule has 0 N–H and O–H groups in total. The summed E-state index contributed by atoms with van der Waals surface area (Å²) in [6.07, 6.45) is 0. The van der Waals surface area contributed by atoms with Gasteiger partial charge in [0.1, 0.15) is 0 Å². The molecular weight excluding hydrogens is 395 g/mol. The van der Waals surface area contributed by atoms with E-state index in [0.717, 1.165) is 10.0 Å². The second-order valence-corrected chi connectivity index (χ2v) is 5.82. The molecule has 0 radical (unpaired) electrons. The van der Waals surface area contributed by atoms with E-state index >= 15 is 0 Å². The van der Waals surface area contributed by atoms with Crippen molar-refractivity contribution in [2.45, 2.75) is 6.61 Å². The van der Waals surface area contributed by atoms with E-state index in [2.05, 4.69) is 26.1 Å². The van der Waals surface area contributed by atoms with E-state index in [0.29, 0.717) is 5.82 Å². The van der Waals surface area contributed by atoms with Crippen molar-refractivity contribution in [2.75, 3.05) is 6.61 Å². The molecule has 0 saturated heterocycles. The lowest BCUT2D eigenvalue weighted by atomic mass is 10.2. The zero-order valence-electron chi connectivity index (χ0n) is 12.8. The Bertz CT molecular complexity index is 884. The van der Waals surface area contributed by atoms with E-state index in [1.54, 1.807) is 6.07 Å². The smallest absolute Gasteiger partial charge is 0.344 e. The first kappa shape index (κ1) is 17.1. The van der Waals surface area contributed by atoms with E-state index in [9.17, 15) is 9.18 Å². The highest BCUT2D eigenvalue weighted by atomic mass is 79.9. The Balaban J connectivity index is 1.52. The molecule has 0 spiro atoms. The van der Waals surface area contributed by atoms with Crippen LogP contribution in [0.4, 0.5) is 4.39 Å². The van der Waals surface area contributed by atoms with Crippen LogP contribution in [-0.2, 0) is 16.1 Å².